The number of hydrogen-bond acceptors (Lipinski definition) is 1. The van der Waals surface area contributed by atoms with E-state index >= 15 is 0 Å². The van der Waals surface area contributed by atoms with Gasteiger partial charge >= 0.3 is 0 Å². The SMILES string of the molecule is CC1=CC=C(N)CC=C1C. The van der Waals surface area contributed by atoms with Crippen LogP contribution in [-0.4, -0.2) is 0 Å². The Bertz CT molecular complexity index is 219. The Morgan fingerprint density at radius 2 is 1.90 bits per heavy atom. The van der Waals surface area contributed by atoms with Crippen LogP contribution in [0.25, 0.3) is 0 Å². The summed E-state index contributed by atoms with van der Waals surface area (Å²) in [6, 6.07) is 0. The molecule has 0 aromatic rings. The fourth-order valence-corrected chi connectivity index (χ4v) is 0.863. The van der Waals surface area contributed by atoms with Gasteiger partial charge in [-0.25, -0.2) is 0 Å². The van der Waals surface area contributed by atoms with Crippen molar-refractivity contribution in [3.8, 4) is 0 Å². The minimum Gasteiger partial charge on any atom is -0.402 e. The summed E-state index contributed by atoms with van der Waals surface area (Å²) in [4.78, 5) is 0. The molecule has 1 aliphatic carbocycles. The minimum absolute atomic E-state index is 0.889. The van der Waals surface area contributed by atoms with E-state index in [2.05, 4.69) is 26.0 Å². The second-order valence-corrected chi connectivity index (χ2v) is 2.68. The van der Waals surface area contributed by atoms with E-state index in [1.54, 1.807) is 0 Å². The zero-order chi connectivity index (χ0) is 7.56. The summed E-state index contributed by atoms with van der Waals surface area (Å²) in [6.45, 7) is 4.21. The van der Waals surface area contributed by atoms with Gasteiger partial charge in [0, 0.05) is 12.1 Å². The van der Waals surface area contributed by atoms with Gasteiger partial charge in [0.05, 0.1) is 0 Å². The summed E-state index contributed by atoms with van der Waals surface area (Å²) < 4.78 is 0. The maximum absolute atomic E-state index is 5.63. The third-order valence-corrected chi connectivity index (χ3v) is 1.81. The standard InChI is InChI=1S/C9H13N/c1-7-3-5-9(10)6-4-8(7)2/h3-5H,6,10H2,1-2H3. The van der Waals surface area contributed by atoms with Crippen molar-refractivity contribution in [2.24, 2.45) is 5.73 Å². The Labute approximate surface area is 61.9 Å². The average molecular weight is 135 g/mol. The van der Waals surface area contributed by atoms with Crippen LogP contribution in [0.3, 0.4) is 0 Å². The molecule has 0 aromatic heterocycles. The van der Waals surface area contributed by atoms with Crippen LogP contribution in [0.15, 0.2) is 35.1 Å². The molecule has 0 unspecified atom stereocenters. The molecule has 0 aliphatic heterocycles. The lowest BCUT2D eigenvalue weighted by Crippen LogP contribution is -1.92. The molecule has 1 heteroatoms. The van der Waals surface area contributed by atoms with Gasteiger partial charge in [0.2, 0.25) is 0 Å². The van der Waals surface area contributed by atoms with E-state index in [1.165, 1.54) is 11.1 Å². The monoisotopic (exact) mass is 135 g/mol. The van der Waals surface area contributed by atoms with Crippen molar-refractivity contribution in [3.63, 3.8) is 0 Å². The summed E-state index contributed by atoms with van der Waals surface area (Å²) in [5, 5.41) is 0. The first-order valence-electron chi connectivity index (χ1n) is 3.50. The molecular formula is C9H13N. The molecule has 0 spiro atoms. The fraction of sp³-hybridized carbons (Fsp3) is 0.333. The van der Waals surface area contributed by atoms with Crippen LogP contribution >= 0.6 is 0 Å². The van der Waals surface area contributed by atoms with E-state index in [4.69, 9.17) is 5.73 Å². The van der Waals surface area contributed by atoms with Crippen molar-refractivity contribution in [1.82, 2.24) is 0 Å². The quantitative estimate of drug-likeness (QED) is 0.541. The van der Waals surface area contributed by atoms with Gasteiger partial charge in [0.1, 0.15) is 0 Å². The lowest BCUT2D eigenvalue weighted by Gasteiger charge is -1.95. The maximum Gasteiger partial charge on any atom is 0.0119 e. The molecule has 54 valence electrons. The molecule has 0 saturated heterocycles. The Balaban J connectivity index is 2.90. The Kier molecular flexibility index (Phi) is 1.95. The Morgan fingerprint density at radius 1 is 1.20 bits per heavy atom. The van der Waals surface area contributed by atoms with Crippen molar-refractivity contribution in [3.05, 3.63) is 35.1 Å². The van der Waals surface area contributed by atoms with Crippen molar-refractivity contribution < 1.29 is 0 Å². The molecule has 0 bridgehead atoms. The number of allylic oxidation sites excluding steroid dienone is 5. The Hall–Kier alpha value is -0.980. The van der Waals surface area contributed by atoms with Crippen molar-refractivity contribution in [2.75, 3.05) is 0 Å². The molecular weight excluding hydrogens is 122 g/mol. The molecule has 0 radical (unpaired) electrons. The maximum atomic E-state index is 5.63. The van der Waals surface area contributed by atoms with Gasteiger partial charge in [-0.05, 0) is 25.5 Å². The second-order valence-electron chi connectivity index (χ2n) is 2.68. The van der Waals surface area contributed by atoms with Gasteiger partial charge in [0.25, 0.3) is 0 Å². The van der Waals surface area contributed by atoms with Gasteiger partial charge < -0.3 is 5.73 Å². The first-order valence-corrected chi connectivity index (χ1v) is 3.50. The highest BCUT2D eigenvalue weighted by Crippen LogP contribution is 2.14. The summed E-state index contributed by atoms with van der Waals surface area (Å²) in [7, 11) is 0. The van der Waals surface area contributed by atoms with Crippen LogP contribution in [0, 0.1) is 0 Å². The number of nitrogens with two attached hydrogens (primary N) is 1. The van der Waals surface area contributed by atoms with Crippen molar-refractivity contribution in [1.29, 1.82) is 0 Å². The Morgan fingerprint density at radius 3 is 2.60 bits per heavy atom. The van der Waals surface area contributed by atoms with Crippen LogP contribution < -0.4 is 5.73 Å². The van der Waals surface area contributed by atoms with Gasteiger partial charge in [-0.1, -0.05) is 17.7 Å². The normalized spacial score (nSPS) is 18.8. The molecule has 2 N–H and O–H groups in total. The van der Waals surface area contributed by atoms with Crippen LogP contribution in [0.4, 0.5) is 0 Å². The van der Waals surface area contributed by atoms with E-state index in [1.807, 2.05) is 6.08 Å². The van der Waals surface area contributed by atoms with E-state index in [0.717, 1.165) is 12.1 Å². The molecule has 0 aromatic carbocycles. The fourth-order valence-electron chi connectivity index (χ4n) is 0.863. The lowest BCUT2D eigenvalue weighted by molar-refractivity contribution is 1.16. The van der Waals surface area contributed by atoms with Crippen molar-refractivity contribution >= 4 is 0 Å². The smallest absolute Gasteiger partial charge is 0.0119 e. The van der Waals surface area contributed by atoms with E-state index in [0.29, 0.717) is 0 Å². The van der Waals surface area contributed by atoms with Gasteiger partial charge in [-0.3, -0.25) is 0 Å². The summed E-state index contributed by atoms with van der Waals surface area (Å²) in [6.07, 6.45) is 7.08. The molecule has 1 nitrogen and oxygen atoms in total. The van der Waals surface area contributed by atoms with Gasteiger partial charge in [-0.15, -0.1) is 0 Å². The molecule has 0 fully saturated rings. The molecule has 0 saturated carbocycles. The topological polar surface area (TPSA) is 26.0 Å². The van der Waals surface area contributed by atoms with Crippen LogP contribution in [0.2, 0.25) is 0 Å². The van der Waals surface area contributed by atoms with Crippen molar-refractivity contribution in [2.45, 2.75) is 20.3 Å². The highest BCUT2D eigenvalue weighted by Gasteiger charge is 1.96. The first kappa shape index (κ1) is 7.13. The van der Waals surface area contributed by atoms with E-state index in [9.17, 15) is 0 Å². The zero-order valence-electron chi connectivity index (χ0n) is 6.52. The molecule has 1 rings (SSSR count). The summed E-state index contributed by atoms with van der Waals surface area (Å²) in [5.41, 5.74) is 9.21. The van der Waals surface area contributed by atoms with Crippen LogP contribution in [-0.2, 0) is 0 Å². The second kappa shape index (κ2) is 2.74. The summed E-state index contributed by atoms with van der Waals surface area (Å²) >= 11 is 0. The summed E-state index contributed by atoms with van der Waals surface area (Å²) in [5.74, 6) is 0. The van der Waals surface area contributed by atoms with E-state index < -0.39 is 0 Å². The predicted octanol–water partition coefficient (Wildman–Crippen LogP) is 2.13. The molecule has 10 heavy (non-hydrogen) atoms. The lowest BCUT2D eigenvalue weighted by atomic mass is 10.1. The molecule has 0 heterocycles. The van der Waals surface area contributed by atoms with Gasteiger partial charge in [-0.2, -0.15) is 0 Å². The van der Waals surface area contributed by atoms with Gasteiger partial charge in [0.15, 0.2) is 0 Å². The third kappa shape index (κ3) is 1.50. The highest BCUT2D eigenvalue weighted by atomic mass is 14.6. The molecule has 0 atom stereocenters. The third-order valence-electron chi connectivity index (χ3n) is 1.81. The molecule has 0 amide bonds. The largest absolute Gasteiger partial charge is 0.402 e. The average Bonchev–Trinajstić information content (AvgIpc) is 2.04. The first-order chi connectivity index (χ1) is 4.70. The predicted molar refractivity (Wildman–Crippen MR) is 44.4 cm³/mol. The zero-order valence-corrected chi connectivity index (χ0v) is 6.52. The van der Waals surface area contributed by atoms with Crippen LogP contribution in [0.5, 0.6) is 0 Å². The van der Waals surface area contributed by atoms with E-state index in [-0.39, 0.29) is 0 Å². The number of hydrogen-bond donors (Lipinski definition) is 1. The number of rotatable bonds is 0. The van der Waals surface area contributed by atoms with Crippen LogP contribution in [0.1, 0.15) is 20.3 Å². The highest BCUT2D eigenvalue weighted by molar-refractivity contribution is 5.35. The minimum atomic E-state index is 0.889. The molecule has 1 aliphatic rings.